The fourth-order valence-corrected chi connectivity index (χ4v) is 4.25. The molecule has 22 heavy (non-hydrogen) atoms. The van der Waals surface area contributed by atoms with Gasteiger partial charge >= 0.3 is 0 Å². The quantitative estimate of drug-likeness (QED) is 0.711. The van der Waals surface area contributed by atoms with Crippen LogP contribution in [0.4, 0.5) is 5.82 Å². The number of aromatic nitrogens is 1. The fraction of sp³-hybridized carbons (Fsp3) is 0.0556. The highest BCUT2D eigenvalue weighted by Crippen LogP contribution is 2.33. The molecule has 0 aliphatic rings. The van der Waals surface area contributed by atoms with Gasteiger partial charge in [-0.1, -0.05) is 60.7 Å². The highest BCUT2D eigenvalue weighted by molar-refractivity contribution is 7.73. The molecule has 0 radical (unpaired) electrons. The van der Waals surface area contributed by atoms with Crippen LogP contribution in [0.25, 0.3) is 0 Å². The summed E-state index contributed by atoms with van der Waals surface area (Å²) in [5, 5.41) is 15.3. The molecule has 1 heterocycles. The van der Waals surface area contributed by atoms with Gasteiger partial charge in [-0.2, -0.15) is 0 Å². The van der Waals surface area contributed by atoms with E-state index in [0.29, 0.717) is 0 Å². The highest BCUT2D eigenvalue weighted by Gasteiger charge is 2.13. The van der Waals surface area contributed by atoms with Crippen LogP contribution in [0.5, 0.6) is 5.75 Å². The molecule has 1 aromatic heterocycles. The van der Waals surface area contributed by atoms with Crippen molar-refractivity contribution in [2.45, 2.75) is 0 Å². The van der Waals surface area contributed by atoms with Crippen molar-refractivity contribution in [3.8, 4) is 5.75 Å². The topological polar surface area (TPSA) is 45.1 Å². The van der Waals surface area contributed by atoms with Crippen LogP contribution >= 0.6 is 7.92 Å². The predicted molar refractivity (Wildman–Crippen MR) is 93.5 cm³/mol. The first-order valence-electron chi connectivity index (χ1n) is 7.09. The number of aromatic hydroxyl groups is 1. The van der Waals surface area contributed by atoms with E-state index >= 15 is 0 Å². The fourth-order valence-electron chi connectivity index (χ4n) is 2.20. The third-order valence-corrected chi connectivity index (χ3v) is 5.62. The summed E-state index contributed by atoms with van der Waals surface area (Å²) in [6.07, 6.45) is 2.26. The molecule has 0 amide bonds. The molecule has 3 rings (SSSR count). The van der Waals surface area contributed by atoms with Crippen LogP contribution in [0.15, 0.2) is 79.0 Å². The second-order valence-electron chi connectivity index (χ2n) is 4.84. The average molecular weight is 308 g/mol. The van der Waals surface area contributed by atoms with Gasteiger partial charge in [0.2, 0.25) is 0 Å². The summed E-state index contributed by atoms with van der Waals surface area (Å²) in [6.45, 7) is 0. The zero-order valence-electron chi connectivity index (χ0n) is 12.1. The summed E-state index contributed by atoms with van der Waals surface area (Å²) in [5.41, 5.74) is 0. The Morgan fingerprint density at radius 2 is 1.41 bits per heavy atom. The van der Waals surface area contributed by atoms with Gasteiger partial charge in [-0.25, -0.2) is 4.98 Å². The first-order chi connectivity index (χ1) is 10.8. The third-order valence-electron chi connectivity index (χ3n) is 3.30. The molecule has 0 unspecified atom stereocenters. The van der Waals surface area contributed by atoms with Crippen LogP contribution in [0.3, 0.4) is 0 Å². The minimum Gasteiger partial charge on any atom is -0.506 e. The summed E-state index contributed by atoms with van der Waals surface area (Å²) in [6, 6.07) is 24.5. The van der Waals surface area contributed by atoms with Crippen LogP contribution in [0.1, 0.15) is 0 Å². The molecule has 0 spiro atoms. The number of hydrogen-bond donors (Lipinski definition) is 2. The van der Waals surface area contributed by atoms with Crippen LogP contribution in [0, 0.1) is 0 Å². The Hall–Kier alpha value is -2.38. The van der Waals surface area contributed by atoms with E-state index in [4.69, 9.17) is 0 Å². The van der Waals surface area contributed by atoms with Crippen LogP contribution < -0.4 is 15.9 Å². The van der Waals surface area contributed by atoms with Crippen molar-refractivity contribution in [2.75, 3.05) is 11.6 Å². The van der Waals surface area contributed by atoms with Gasteiger partial charge in [-0.15, -0.1) is 0 Å². The third kappa shape index (κ3) is 3.63. The normalized spacial score (nSPS) is 10.6. The van der Waals surface area contributed by atoms with E-state index in [-0.39, 0.29) is 5.75 Å². The molecule has 0 atom stereocenters. The van der Waals surface area contributed by atoms with Crippen molar-refractivity contribution in [1.82, 2.24) is 4.98 Å². The molecule has 0 aliphatic heterocycles. The first kappa shape index (κ1) is 14.6. The Bertz CT molecular complexity index is 663. The molecule has 2 N–H and O–H groups in total. The maximum absolute atomic E-state index is 9.30. The molecular formula is C18H17N2OP. The molecule has 0 bridgehead atoms. The van der Waals surface area contributed by atoms with E-state index in [9.17, 15) is 5.11 Å². The summed E-state index contributed by atoms with van der Waals surface area (Å²) in [5.74, 6) is 0.955. The maximum Gasteiger partial charge on any atom is 0.134 e. The van der Waals surface area contributed by atoms with Gasteiger partial charge < -0.3 is 10.4 Å². The lowest BCUT2D eigenvalue weighted by Gasteiger charge is -2.19. The summed E-state index contributed by atoms with van der Waals surface area (Å²) in [4.78, 5) is 4.19. The zero-order chi connectivity index (χ0) is 15.2. The summed E-state index contributed by atoms with van der Waals surface area (Å²) >= 11 is 0. The number of hydrogen-bond acceptors (Lipinski definition) is 3. The van der Waals surface area contributed by atoms with E-state index in [0.717, 1.165) is 12.1 Å². The standard InChI is InChI=1S/C18H17N2OP/c21-15-11-12-18(19-13-15)20-14-22(16-7-3-1-4-8-16)17-9-5-2-6-10-17/h1-13,21H,14H2,(H,19,20). The molecule has 0 saturated carbocycles. The Morgan fingerprint density at radius 3 is 1.91 bits per heavy atom. The van der Waals surface area contributed by atoms with E-state index in [2.05, 4.69) is 58.8 Å². The SMILES string of the molecule is Oc1ccc(NCP(c2ccccc2)c2ccccc2)nc1. The molecule has 2 aromatic carbocycles. The van der Waals surface area contributed by atoms with E-state index in [1.807, 2.05) is 12.1 Å². The molecule has 0 fully saturated rings. The summed E-state index contributed by atoms with van der Waals surface area (Å²) < 4.78 is 0. The Balaban J connectivity index is 1.81. The largest absolute Gasteiger partial charge is 0.506 e. The van der Waals surface area contributed by atoms with E-state index < -0.39 is 7.92 Å². The number of nitrogens with one attached hydrogen (secondary N) is 1. The van der Waals surface area contributed by atoms with Crippen molar-refractivity contribution in [3.63, 3.8) is 0 Å². The average Bonchev–Trinajstić information content (AvgIpc) is 2.59. The van der Waals surface area contributed by atoms with Crippen molar-refractivity contribution >= 4 is 24.3 Å². The van der Waals surface area contributed by atoms with Gasteiger partial charge in [0, 0.05) is 6.29 Å². The molecular weight excluding hydrogens is 291 g/mol. The Morgan fingerprint density at radius 1 is 0.818 bits per heavy atom. The minimum absolute atomic E-state index is 0.180. The lowest BCUT2D eigenvalue weighted by Crippen LogP contribution is -2.17. The van der Waals surface area contributed by atoms with Crippen molar-refractivity contribution in [1.29, 1.82) is 0 Å². The van der Waals surface area contributed by atoms with Crippen molar-refractivity contribution in [3.05, 3.63) is 79.0 Å². The Labute approximate surface area is 131 Å². The molecule has 0 aliphatic carbocycles. The lowest BCUT2D eigenvalue weighted by atomic mass is 10.4. The lowest BCUT2D eigenvalue weighted by molar-refractivity contribution is 0.473. The highest BCUT2D eigenvalue weighted by atomic mass is 31.1. The number of benzene rings is 2. The minimum atomic E-state index is -0.496. The van der Waals surface area contributed by atoms with Crippen LogP contribution in [-0.4, -0.2) is 16.4 Å². The number of rotatable bonds is 5. The van der Waals surface area contributed by atoms with Crippen molar-refractivity contribution in [2.24, 2.45) is 0 Å². The first-order valence-corrected chi connectivity index (χ1v) is 8.62. The van der Waals surface area contributed by atoms with Gasteiger partial charge in [0.25, 0.3) is 0 Å². The monoisotopic (exact) mass is 308 g/mol. The van der Waals surface area contributed by atoms with Gasteiger partial charge in [0.1, 0.15) is 11.6 Å². The molecule has 0 saturated heterocycles. The zero-order valence-corrected chi connectivity index (χ0v) is 12.9. The second-order valence-corrected chi connectivity index (χ2v) is 7.04. The van der Waals surface area contributed by atoms with E-state index in [1.54, 1.807) is 12.1 Å². The van der Waals surface area contributed by atoms with Crippen LogP contribution in [0.2, 0.25) is 0 Å². The number of nitrogens with zero attached hydrogens (tertiary/aromatic N) is 1. The number of pyridine rings is 1. The summed E-state index contributed by atoms with van der Waals surface area (Å²) in [7, 11) is -0.496. The van der Waals surface area contributed by atoms with Gasteiger partial charge in [0.05, 0.1) is 6.20 Å². The van der Waals surface area contributed by atoms with Gasteiger partial charge in [0.15, 0.2) is 0 Å². The van der Waals surface area contributed by atoms with E-state index in [1.165, 1.54) is 16.8 Å². The maximum atomic E-state index is 9.30. The second kappa shape index (κ2) is 7.06. The molecule has 110 valence electrons. The smallest absolute Gasteiger partial charge is 0.134 e. The predicted octanol–water partition coefficient (Wildman–Crippen LogP) is 3.29. The Kier molecular flexibility index (Phi) is 4.67. The molecule has 3 aromatic rings. The van der Waals surface area contributed by atoms with Crippen LogP contribution in [-0.2, 0) is 0 Å². The number of anilines is 1. The van der Waals surface area contributed by atoms with Gasteiger partial charge in [-0.3, -0.25) is 0 Å². The molecule has 4 heteroatoms. The van der Waals surface area contributed by atoms with Gasteiger partial charge in [-0.05, 0) is 30.7 Å². The molecule has 3 nitrogen and oxygen atoms in total. The van der Waals surface area contributed by atoms with Crippen molar-refractivity contribution < 1.29 is 5.11 Å².